The lowest BCUT2D eigenvalue weighted by atomic mass is 10.1. The van der Waals surface area contributed by atoms with E-state index in [-0.39, 0.29) is 5.97 Å². The summed E-state index contributed by atoms with van der Waals surface area (Å²) in [6, 6.07) is 13.1. The molecule has 1 aromatic carbocycles. The summed E-state index contributed by atoms with van der Waals surface area (Å²) in [5.41, 5.74) is 1.50. The van der Waals surface area contributed by atoms with Crippen molar-refractivity contribution < 1.29 is 14.5 Å². The first-order chi connectivity index (χ1) is 8.34. The van der Waals surface area contributed by atoms with E-state index in [2.05, 4.69) is 10.3 Å². The van der Waals surface area contributed by atoms with Crippen molar-refractivity contribution in [2.45, 2.75) is 6.23 Å². The quantitative estimate of drug-likeness (QED) is 0.796. The van der Waals surface area contributed by atoms with Gasteiger partial charge in [0.25, 0.3) is 12.0 Å². The van der Waals surface area contributed by atoms with Crippen LogP contribution >= 0.6 is 0 Å². The summed E-state index contributed by atoms with van der Waals surface area (Å²) in [6.07, 6.45) is 1.39. The number of cyclic esters (lactones) is 1. The minimum atomic E-state index is -0.419. The number of hydrogen-bond acceptors (Lipinski definition) is 3. The number of H-pyrrole nitrogens is 1. The number of anilines is 1. The molecule has 2 aromatic rings. The molecule has 1 aromatic heterocycles. The van der Waals surface area contributed by atoms with Crippen LogP contribution in [-0.4, -0.2) is 5.97 Å². The van der Waals surface area contributed by atoms with Gasteiger partial charge in [-0.05, 0) is 12.1 Å². The van der Waals surface area contributed by atoms with E-state index < -0.39 is 6.23 Å². The standard InChI is InChI=1S/C13H10N2O2/c16-13-10-6-2-1-5-9(10)12(17-13)15-11-7-3-4-8-14-11/h1-8,12H,(H,14,15)/p+1/t12-/m0/s1. The van der Waals surface area contributed by atoms with Crippen molar-refractivity contribution in [1.29, 1.82) is 0 Å². The molecule has 0 saturated heterocycles. The number of carbonyl (C=O) groups excluding carboxylic acids is 1. The molecular weight excluding hydrogens is 216 g/mol. The Kier molecular flexibility index (Phi) is 2.26. The van der Waals surface area contributed by atoms with Gasteiger partial charge < -0.3 is 4.74 Å². The molecule has 0 unspecified atom stereocenters. The van der Waals surface area contributed by atoms with E-state index in [0.717, 1.165) is 11.4 Å². The predicted molar refractivity (Wildman–Crippen MR) is 61.2 cm³/mol. The number of ether oxygens (including phenoxy) is 1. The van der Waals surface area contributed by atoms with E-state index in [1.807, 2.05) is 42.6 Å². The lowest BCUT2D eigenvalue weighted by Gasteiger charge is -2.06. The van der Waals surface area contributed by atoms with Gasteiger partial charge in [0, 0.05) is 6.07 Å². The summed E-state index contributed by atoms with van der Waals surface area (Å²) in [5.74, 6) is 0.524. The molecule has 0 aliphatic carbocycles. The Hall–Kier alpha value is -2.36. The number of fused-ring (bicyclic) bond motifs is 1. The van der Waals surface area contributed by atoms with Crippen molar-refractivity contribution in [2.24, 2.45) is 0 Å². The fraction of sp³-hybridized carbons (Fsp3) is 0.0769. The summed E-state index contributed by atoms with van der Waals surface area (Å²) in [5, 5.41) is 3.13. The minimum Gasteiger partial charge on any atom is -0.414 e. The zero-order valence-corrected chi connectivity index (χ0v) is 9.01. The van der Waals surface area contributed by atoms with Crippen LogP contribution in [0.5, 0.6) is 0 Å². The number of hydrogen-bond donors (Lipinski definition) is 1. The molecule has 0 radical (unpaired) electrons. The Morgan fingerprint density at radius 1 is 1.12 bits per heavy atom. The second-order valence-electron chi connectivity index (χ2n) is 3.79. The highest BCUT2D eigenvalue weighted by atomic mass is 16.6. The molecule has 1 atom stereocenters. The van der Waals surface area contributed by atoms with Crippen LogP contribution in [0.3, 0.4) is 0 Å². The van der Waals surface area contributed by atoms with Crippen molar-refractivity contribution in [3.63, 3.8) is 0 Å². The molecule has 1 aliphatic heterocycles. The molecule has 0 fully saturated rings. The molecule has 17 heavy (non-hydrogen) atoms. The van der Waals surface area contributed by atoms with Crippen LogP contribution in [0.25, 0.3) is 0 Å². The van der Waals surface area contributed by atoms with Crippen molar-refractivity contribution in [3.05, 3.63) is 59.8 Å². The van der Waals surface area contributed by atoms with Crippen LogP contribution in [0.15, 0.2) is 48.7 Å². The van der Waals surface area contributed by atoms with Crippen LogP contribution in [0.1, 0.15) is 22.1 Å². The van der Waals surface area contributed by atoms with Gasteiger partial charge in [0.05, 0.1) is 17.3 Å². The van der Waals surface area contributed by atoms with E-state index in [1.54, 1.807) is 6.07 Å². The Morgan fingerprint density at radius 2 is 1.94 bits per heavy atom. The van der Waals surface area contributed by atoms with Gasteiger partial charge in [-0.2, -0.15) is 0 Å². The van der Waals surface area contributed by atoms with E-state index in [9.17, 15) is 4.79 Å². The van der Waals surface area contributed by atoms with Gasteiger partial charge in [0.1, 0.15) is 0 Å². The van der Waals surface area contributed by atoms with Gasteiger partial charge >= 0.3 is 5.97 Å². The Balaban J connectivity index is 1.90. The largest absolute Gasteiger partial charge is 0.414 e. The van der Waals surface area contributed by atoms with E-state index in [1.165, 1.54) is 0 Å². The fourth-order valence-electron chi connectivity index (χ4n) is 1.88. The van der Waals surface area contributed by atoms with Crippen LogP contribution < -0.4 is 10.3 Å². The monoisotopic (exact) mass is 227 g/mol. The van der Waals surface area contributed by atoms with Crippen molar-refractivity contribution >= 4 is 11.8 Å². The number of nitrogens with one attached hydrogen (secondary N) is 2. The van der Waals surface area contributed by atoms with Crippen LogP contribution in [0, 0.1) is 0 Å². The van der Waals surface area contributed by atoms with Crippen molar-refractivity contribution in [1.82, 2.24) is 0 Å². The topological polar surface area (TPSA) is 52.5 Å². The molecular formula is C13H11N2O2+. The average Bonchev–Trinajstić information content (AvgIpc) is 2.69. The van der Waals surface area contributed by atoms with Gasteiger partial charge in [-0.1, -0.05) is 24.3 Å². The first-order valence-electron chi connectivity index (χ1n) is 5.38. The molecule has 4 heteroatoms. The molecule has 4 nitrogen and oxygen atoms in total. The summed E-state index contributed by atoms with van der Waals surface area (Å²) < 4.78 is 5.27. The van der Waals surface area contributed by atoms with Crippen LogP contribution in [-0.2, 0) is 4.74 Å². The smallest absolute Gasteiger partial charge is 0.342 e. The zero-order valence-electron chi connectivity index (χ0n) is 9.01. The third kappa shape index (κ3) is 1.73. The second-order valence-corrected chi connectivity index (χ2v) is 3.79. The van der Waals surface area contributed by atoms with Gasteiger partial charge in [-0.25, -0.2) is 15.1 Å². The maximum absolute atomic E-state index is 11.6. The van der Waals surface area contributed by atoms with Gasteiger partial charge in [-0.15, -0.1) is 0 Å². The third-order valence-corrected chi connectivity index (χ3v) is 2.68. The second kappa shape index (κ2) is 3.90. The van der Waals surface area contributed by atoms with Gasteiger partial charge in [0.2, 0.25) is 0 Å². The molecule has 0 saturated carbocycles. The summed E-state index contributed by atoms with van der Waals surface area (Å²) in [7, 11) is 0. The maximum Gasteiger partial charge on any atom is 0.342 e. The first kappa shape index (κ1) is 9.84. The number of carbonyl (C=O) groups is 1. The van der Waals surface area contributed by atoms with Crippen molar-refractivity contribution in [2.75, 3.05) is 5.32 Å². The maximum atomic E-state index is 11.6. The molecule has 84 valence electrons. The molecule has 0 amide bonds. The highest BCUT2D eigenvalue weighted by molar-refractivity contribution is 5.94. The van der Waals surface area contributed by atoms with Crippen molar-refractivity contribution in [3.8, 4) is 0 Å². The fourth-order valence-corrected chi connectivity index (χ4v) is 1.88. The van der Waals surface area contributed by atoms with E-state index in [4.69, 9.17) is 4.74 Å². The minimum absolute atomic E-state index is 0.283. The average molecular weight is 227 g/mol. The summed E-state index contributed by atoms with van der Waals surface area (Å²) >= 11 is 0. The summed E-state index contributed by atoms with van der Waals surface area (Å²) in [6.45, 7) is 0. The van der Waals surface area contributed by atoms with Crippen LogP contribution in [0.2, 0.25) is 0 Å². The zero-order chi connectivity index (χ0) is 11.7. The van der Waals surface area contributed by atoms with E-state index >= 15 is 0 Å². The number of rotatable bonds is 2. The van der Waals surface area contributed by atoms with Crippen LogP contribution in [0.4, 0.5) is 5.82 Å². The summed E-state index contributed by atoms with van der Waals surface area (Å²) in [4.78, 5) is 14.6. The lowest BCUT2D eigenvalue weighted by Crippen LogP contribution is -2.17. The normalized spacial score (nSPS) is 17.4. The number of esters is 1. The predicted octanol–water partition coefficient (Wildman–Crippen LogP) is 1.78. The van der Waals surface area contributed by atoms with E-state index in [0.29, 0.717) is 5.56 Å². The number of benzene rings is 1. The first-order valence-corrected chi connectivity index (χ1v) is 5.38. The Bertz CT molecular complexity index is 554. The number of aromatic amines is 1. The molecule has 1 aliphatic rings. The van der Waals surface area contributed by atoms with Gasteiger partial charge in [0.15, 0.2) is 0 Å². The molecule has 0 spiro atoms. The number of pyridine rings is 1. The highest BCUT2D eigenvalue weighted by Gasteiger charge is 2.33. The van der Waals surface area contributed by atoms with Gasteiger partial charge in [-0.3, -0.25) is 0 Å². The molecule has 0 bridgehead atoms. The Labute approximate surface area is 98.3 Å². The SMILES string of the molecule is O=C1O[C@H](Nc2cccc[nH+]2)c2ccccc21. The molecule has 2 heterocycles. The highest BCUT2D eigenvalue weighted by Crippen LogP contribution is 2.30. The third-order valence-electron chi connectivity index (χ3n) is 2.68. The molecule has 3 rings (SSSR count). The Morgan fingerprint density at radius 3 is 2.76 bits per heavy atom. The number of aromatic nitrogens is 1. The molecule has 2 N–H and O–H groups in total. The lowest BCUT2D eigenvalue weighted by molar-refractivity contribution is -0.361.